The number of anilines is 1. The molecule has 6 nitrogen and oxygen atoms in total. The van der Waals surface area contributed by atoms with Crippen LogP contribution in [0.1, 0.15) is 34.1 Å². The lowest BCUT2D eigenvalue weighted by molar-refractivity contribution is 0.112. The molecule has 3 rings (SSSR count). The van der Waals surface area contributed by atoms with E-state index in [2.05, 4.69) is 21.7 Å². The molecule has 0 aliphatic carbocycles. The van der Waals surface area contributed by atoms with Gasteiger partial charge in [-0.25, -0.2) is 0 Å². The van der Waals surface area contributed by atoms with E-state index in [-0.39, 0.29) is 0 Å². The van der Waals surface area contributed by atoms with Crippen LogP contribution in [0.5, 0.6) is 5.75 Å². The summed E-state index contributed by atoms with van der Waals surface area (Å²) in [6.07, 6.45) is 0.807. The van der Waals surface area contributed by atoms with Gasteiger partial charge in [-0.2, -0.15) is 5.26 Å². The first-order valence-electron chi connectivity index (χ1n) is 9.20. The molecular formula is C22H21ClN4O2. The van der Waals surface area contributed by atoms with Gasteiger partial charge in [0.1, 0.15) is 5.75 Å². The van der Waals surface area contributed by atoms with E-state index in [1.54, 1.807) is 31.4 Å². The molecule has 7 heteroatoms. The number of fused-ring (bicyclic) bond motifs is 1. The zero-order valence-electron chi connectivity index (χ0n) is 16.3. The Bertz CT molecular complexity index is 1090. The normalized spacial score (nSPS) is 10.6. The van der Waals surface area contributed by atoms with Crippen molar-refractivity contribution in [3.63, 3.8) is 0 Å². The van der Waals surface area contributed by atoms with Gasteiger partial charge in [0, 0.05) is 18.5 Å². The van der Waals surface area contributed by atoms with E-state index in [4.69, 9.17) is 16.3 Å². The fraction of sp³-hybridized carbons (Fsp3) is 0.227. The topological polar surface area (TPSA) is 87.0 Å². The first-order valence-corrected chi connectivity index (χ1v) is 9.58. The fourth-order valence-electron chi connectivity index (χ4n) is 3.10. The van der Waals surface area contributed by atoms with Gasteiger partial charge in [-0.3, -0.25) is 9.78 Å². The summed E-state index contributed by atoms with van der Waals surface area (Å²) in [7, 11) is 1.57. The van der Waals surface area contributed by atoms with Crippen molar-refractivity contribution >= 4 is 34.5 Å². The highest BCUT2D eigenvalue weighted by Crippen LogP contribution is 2.30. The third kappa shape index (κ3) is 4.48. The van der Waals surface area contributed by atoms with Gasteiger partial charge in [0.05, 0.1) is 46.2 Å². The number of carbonyl (C=O) groups is 1. The minimum atomic E-state index is 0.446. The standard InChI is InChI=1S/C22H21ClN4O2/c1-3-25-12-20-17(13-28)22(16-8-14(10-24)4-6-19(16)27-20)26-11-15-5-7-21(29-2)18(23)9-15/h4-9,13,25H,3,11-12H2,1-2H3,(H,26,27). The molecule has 1 aromatic heterocycles. The summed E-state index contributed by atoms with van der Waals surface area (Å²) in [5.74, 6) is 0.602. The van der Waals surface area contributed by atoms with Crippen LogP contribution in [0.3, 0.4) is 0 Å². The van der Waals surface area contributed by atoms with Gasteiger partial charge in [0.2, 0.25) is 0 Å². The summed E-state index contributed by atoms with van der Waals surface area (Å²) in [6, 6.07) is 12.9. The maximum atomic E-state index is 11.9. The van der Waals surface area contributed by atoms with Crippen LogP contribution < -0.4 is 15.4 Å². The highest BCUT2D eigenvalue weighted by Gasteiger charge is 2.15. The van der Waals surface area contributed by atoms with Gasteiger partial charge < -0.3 is 15.4 Å². The van der Waals surface area contributed by atoms with Crippen molar-refractivity contribution in [2.45, 2.75) is 20.0 Å². The molecule has 0 saturated carbocycles. The third-order valence-electron chi connectivity index (χ3n) is 4.58. The molecule has 0 aliphatic heterocycles. The minimum absolute atomic E-state index is 0.446. The molecule has 29 heavy (non-hydrogen) atoms. The second kappa shape index (κ2) is 9.37. The number of benzene rings is 2. The van der Waals surface area contributed by atoms with Crippen LogP contribution in [0, 0.1) is 11.3 Å². The van der Waals surface area contributed by atoms with E-state index in [1.807, 2.05) is 19.1 Å². The predicted octanol–water partition coefficient (Wildman–Crippen LogP) is 4.30. The molecule has 3 aromatic rings. The van der Waals surface area contributed by atoms with Crippen LogP contribution in [-0.4, -0.2) is 24.9 Å². The lowest BCUT2D eigenvalue weighted by Gasteiger charge is -2.16. The number of nitrogens with one attached hydrogen (secondary N) is 2. The van der Waals surface area contributed by atoms with Crippen molar-refractivity contribution in [1.29, 1.82) is 5.26 Å². The number of rotatable bonds is 8. The number of ether oxygens (including phenoxy) is 1. The lowest BCUT2D eigenvalue weighted by atomic mass is 10.0. The van der Waals surface area contributed by atoms with Crippen molar-refractivity contribution in [3.8, 4) is 11.8 Å². The average Bonchev–Trinajstić information content (AvgIpc) is 2.75. The van der Waals surface area contributed by atoms with E-state index >= 15 is 0 Å². The van der Waals surface area contributed by atoms with Crippen molar-refractivity contribution in [3.05, 3.63) is 63.8 Å². The molecule has 0 radical (unpaired) electrons. The second-order valence-corrected chi connectivity index (χ2v) is 6.82. The van der Waals surface area contributed by atoms with E-state index in [9.17, 15) is 10.1 Å². The zero-order valence-corrected chi connectivity index (χ0v) is 17.0. The molecule has 1 heterocycles. The summed E-state index contributed by atoms with van der Waals surface area (Å²) in [6.45, 7) is 3.68. The Morgan fingerprint density at radius 1 is 1.24 bits per heavy atom. The molecule has 0 bridgehead atoms. The van der Waals surface area contributed by atoms with Gasteiger partial charge in [-0.05, 0) is 42.4 Å². The predicted molar refractivity (Wildman–Crippen MR) is 115 cm³/mol. The maximum Gasteiger partial charge on any atom is 0.154 e. The summed E-state index contributed by atoms with van der Waals surface area (Å²) >= 11 is 6.22. The number of aromatic nitrogens is 1. The molecule has 0 spiro atoms. The number of hydrogen-bond acceptors (Lipinski definition) is 6. The highest BCUT2D eigenvalue weighted by atomic mass is 35.5. The Morgan fingerprint density at radius 3 is 2.72 bits per heavy atom. The van der Waals surface area contributed by atoms with E-state index in [0.29, 0.717) is 46.4 Å². The molecule has 0 amide bonds. The van der Waals surface area contributed by atoms with Gasteiger partial charge in [0.25, 0.3) is 0 Å². The van der Waals surface area contributed by atoms with E-state index in [1.165, 1.54) is 0 Å². The van der Waals surface area contributed by atoms with Gasteiger partial charge >= 0.3 is 0 Å². The monoisotopic (exact) mass is 408 g/mol. The summed E-state index contributed by atoms with van der Waals surface area (Å²) < 4.78 is 5.19. The Morgan fingerprint density at radius 2 is 2.07 bits per heavy atom. The molecule has 0 fully saturated rings. The number of hydrogen-bond donors (Lipinski definition) is 2. The second-order valence-electron chi connectivity index (χ2n) is 6.41. The quantitative estimate of drug-likeness (QED) is 0.540. The molecule has 2 aromatic carbocycles. The Kier molecular flexibility index (Phi) is 6.65. The number of halogens is 1. The van der Waals surface area contributed by atoms with Crippen molar-refractivity contribution in [2.75, 3.05) is 19.0 Å². The highest BCUT2D eigenvalue weighted by molar-refractivity contribution is 6.32. The van der Waals surface area contributed by atoms with Crippen LogP contribution in [0.2, 0.25) is 5.02 Å². The molecule has 2 N–H and O–H groups in total. The first kappa shape index (κ1) is 20.6. The molecule has 0 saturated heterocycles. The maximum absolute atomic E-state index is 11.9. The van der Waals surface area contributed by atoms with Crippen molar-refractivity contribution in [2.24, 2.45) is 0 Å². The number of carbonyl (C=O) groups excluding carboxylic acids is 1. The van der Waals surface area contributed by atoms with Gasteiger partial charge in [0.15, 0.2) is 6.29 Å². The van der Waals surface area contributed by atoms with Gasteiger partial charge in [-0.15, -0.1) is 0 Å². The number of pyridine rings is 1. The van der Waals surface area contributed by atoms with E-state index in [0.717, 1.165) is 29.3 Å². The zero-order chi connectivity index (χ0) is 20.8. The number of nitriles is 1. The SMILES string of the molecule is CCNCc1nc2ccc(C#N)cc2c(NCc2ccc(OC)c(Cl)c2)c1C=O. The number of nitrogens with zero attached hydrogens (tertiary/aromatic N) is 2. The number of aldehydes is 1. The first-order chi connectivity index (χ1) is 14.1. The van der Waals surface area contributed by atoms with Crippen molar-refractivity contribution < 1.29 is 9.53 Å². The van der Waals surface area contributed by atoms with Crippen molar-refractivity contribution in [1.82, 2.24) is 10.3 Å². The molecular weight excluding hydrogens is 388 g/mol. The Hall–Kier alpha value is -3.14. The Labute approximate surface area is 174 Å². The minimum Gasteiger partial charge on any atom is -0.495 e. The number of methoxy groups -OCH3 is 1. The van der Waals surface area contributed by atoms with Crippen LogP contribution in [-0.2, 0) is 13.1 Å². The van der Waals surface area contributed by atoms with Crippen LogP contribution in [0.25, 0.3) is 10.9 Å². The van der Waals surface area contributed by atoms with Crippen LogP contribution in [0.4, 0.5) is 5.69 Å². The third-order valence-corrected chi connectivity index (χ3v) is 4.87. The molecule has 0 aliphatic rings. The smallest absolute Gasteiger partial charge is 0.154 e. The molecule has 148 valence electrons. The summed E-state index contributed by atoms with van der Waals surface area (Å²) in [4.78, 5) is 16.6. The fourth-order valence-corrected chi connectivity index (χ4v) is 3.38. The Balaban J connectivity index is 2.06. The van der Waals surface area contributed by atoms with Crippen LogP contribution >= 0.6 is 11.6 Å². The van der Waals surface area contributed by atoms with Gasteiger partial charge in [-0.1, -0.05) is 24.6 Å². The van der Waals surface area contributed by atoms with Crippen LogP contribution in [0.15, 0.2) is 36.4 Å². The largest absolute Gasteiger partial charge is 0.495 e. The summed E-state index contributed by atoms with van der Waals surface area (Å²) in [5, 5.41) is 17.1. The lowest BCUT2D eigenvalue weighted by Crippen LogP contribution is -2.16. The average molecular weight is 409 g/mol. The molecule has 0 atom stereocenters. The summed E-state index contributed by atoms with van der Waals surface area (Å²) in [5.41, 5.74) is 3.95. The molecule has 0 unspecified atom stereocenters. The van der Waals surface area contributed by atoms with E-state index < -0.39 is 0 Å².